The number of aliphatic hydroxyl groups excluding tert-OH is 2. The van der Waals surface area contributed by atoms with Crippen molar-refractivity contribution in [2.24, 2.45) is 0 Å². The third-order valence-electron chi connectivity index (χ3n) is 14.6. The Balaban J connectivity index is 3.40. The van der Waals surface area contributed by atoms with Gasteiger partial charge in [0.15, 0.2) is 0 Å². The van der Waals surface area contributed by atoms with Gasteiger partial charge in [-0.25, -0.2) is 0 Å². The van der Waals surface area contributed by atoms with Crippen molar-refractivity contribution in [3.8, 4) is 0 Å². The molecule has 3 N–H and O–H groups in total. The number of hydrogen-bond donors (Lipinski definition) is 3. The summed E-state index contributed by atoms with van der Waals surface area (Å²) in [7, 11) is 0. The molecule has 0 radical (unpaired) electrons. The van der Waals surface area contributed by atoms with Crippen molar-refractivity contribution in [2.45, 2.75) is 360 Å². The number of esters is 1. The summed E-state index contributed by atoms with van der Waals surface area (Å²) in [6.07, 6.45) is 69.3. The summed E-state index contributed by atoms with van der Waals surface area (Å²) in [6.45, 7) is 4.97. The van der Waals surface area contributed by atoms with Gasteiger partial charge < -0.3 is 20.3 Å². The van der Waals surface area contributed by atoms with Crippen LogP contribution in [0.25, 0.3) is 0 Å². The second kappa shape index (κ2) is 58.2. The fourth-order valence-corrected chi connectivity index (χ4v) is 9.81. The molecular formula is C62H121NO5. The quantitative estimate of drug-likeness (QED) is 0.0321. The summed E-state index contributed by atoms with van der Waals surface area (Å²) in [5, 5.41) is 23.3. The molecule has 0 bridgehead atoms. The van der Waals surface area contributed by atoms with Crippen LogP contribution >= 0.6 is 0 Å². The van der Waals surface area contributed by atoms with E-state index in [0.717, 1.165) is 38.5 Å². The molecule has 0 saturated heterocycles. The predicted molar refractivity (Wildman–Crippen MR) is 297 cm³/mol. The molecule has 0 spiro atoms. The van der Waals surface area contributed by atoms with Crippen LogP contribution in [0.2, 0.25) is 0 Å². The van der Waals surface area contributed by atoms with E-state index < -0.39 is 12.1 Å². The number of nitrogens with one attached hydrogen (secondary N) is 1. The van der Waals surface area contributed by atoms with Gasteiger partial charge in [0.05, 0.1) is 25.4 Å². The average molecular weight is 961 g/mol. The number of carbonyl (C=O) groups excluding carboxylic acids is 2. The first kappa shape index (κ1) is 66.6. The molecule has 6 nitrogen and oxygen atoms in total. The lowest BCUT2D eigenvalue weighted by atomic mass is 10.0. The first-order valence-corrected chi connectivity index (χ1v) is 30.9. The standard InChI is InChI=1S/C62H121NO5/c1-3-5-7-9-11-13-15-17-19-20-25-28-32-36-40-44-48-52-56-62(67)68-57-53-49-45-41-37-33-29-26-23-21-22-24-27-31-35-39-43-47-51-55-61(66)63-59(58-64)60(65)54-50-46-42-38-34-30-18-16-14-12-10-8-6-4-2/h21-22,59-60,64-65H,3-20,23-58H2,1-2H3,(H,63,66)/b22-21-. The number of amides is 1. The molecule has 2 unspecified atom stereocenters. The highest BCUT2D eigenvalue weighted by Gasteiger charge is 2.20. The lowest BCUT2D eigenvalue weighted by Gasteiger charge is -2.22. The lowest BCUT2D eigenvalue weighted by molar-refractivity contribution is -0.143. The second-order valence-electron chi connectivity index (χ2n) is 21.4. The van der Waals surface area contributed by atoms with Gasteiger partial charge in [0.1, 0.15) is 0 Å². The summed E-state index contributed by atoms with van der Waals surface area (Å²) in [5.41, 5.74) is 0. The topological polar surface area (TPSA) is 95.9 Å². The Morgan fingerprint density at radius 2 is 0.691 bits per heavy atom. The van der Waals surface area contributed by atoms with Crippen LogP contribution in [0.5, 0.6) is 0 Å². The molecule has 0 saturated carbocycles. The van der Waals surface area contributed by atoms with Crippen LogP contribution in [0.3, 0.4) is 0 Å². The Morgan fingerprint density at radius 3 is 1.04 bits per heavy atom. The Kier molecular flexibility index (Phi) is 57.0. The van der Waals surface area contributed by atoms with E-state index >= 15 is 0 Å². The molecule has 0 aromatic carbocycles. The minimum atomic E-state index is -0.669. The van der Waals surface area contributed by atoms with Gasteiger partial charge in [-0.2, -0.15) is 0 Å². The van der Waals surface area contributed by atoms with E-state index in [2.05, 4.69) is 31.3 Å². The molecular weight excluding hydrogens is 839 g/mol. The van der Waals surface area contributed by atoms with Crippen molar-refractivity contribution in [3.63, 3.8) is 0 Å². The highest BCUT2D eigenvalue weighted by Crippen LogP contribution is 2.18. The van der Waals surface area contributed by atoms with Crippen LogP contribution in [-0.4, -0.2) is 47.4 Å². The van der Waals surface area contributed by atoms with Crippen LogP contribution in [0.4, 0.5) is 0 Å². The molecule has 0 aromatic heterocycles. The van der Waals surface area contributed by atoms with Gasteiger partial charge in [0.2, 0.25) is 5.91 Å². The number of unbranched alkanes of at least 4 members (excludes halogenated alkanes) is 45. The number of ether oxygens (including phenoxy) is 1. The van der Waals surface area contributed by atoms with E-state index in [9.17, 15) is 19.8 Å². The summed E-state index contributed by atoms with van der Waals surface area (Å²) in [5.74, 6) is -0.0336. The van der Waals surface area contributed by atoms with Crippen molar-refractivity contribution in [1.29, 1.82) is 0 Å². The molecule has 0 fully saturated rings. The fourth-order valence-electron chi connectivity index (χ4n) is 9.81. The minimum absolute atomic E-state index is 0.00904. The zero-order chi connectivity index (χ0) is 49.3. The number of carbonyl (C=O) groups is 2. The smallest absolute Gasteiger partial charge is 0.305 e. The van der Waals surface area contributed by atoms with Crippen LogP contribution < -0.4 is 5.32 Å². The van der Waals surface area contributed by atoms with E-state index in [4.69, 9.17) is 4.74 Å². The monoisotopic (exact) mass is 960 g/mol. The average Bonchev–Trinajstić information content (AvgIpc) is 3.34. The number of hydrogen-bond acceptors (Lipinski definition) is 5. The van der Waals surface area contributed by atoms with Gasteiger partial charge in [0.25, 0.3) is 0 Å². The van der Waals surface area contributed by atoms with Crippen LogP contribution in [0, 0.1) is 0 Å². The number of rotatable bonds is 58. The second-order valence-corrected chi connectivity index (χ2v) is 21.4. The SMILES string of the molecule is CCCCCCCCCCCCCCCCCCCCC(=O)OCCCCCCCCCC/C=C\CCCCCCCCCC(=O)NC(CO)C(O)CCCCCCCCCCCCCCCC. The number of aliphatic hydroxyl groups is 2. The fraction of sp³-hybridized carbons (Fsp3) is 0.935. The van der Waals surface area contributed by atoms with E-state index in [1.165, 1.54) is 276 Å². The maximum Gasteiger partial charge on any atom is 0.305 e. The van der Waals surface area contributed by atoms with Gasteiger partial charge in [-0.15, -0.1) is 0 Å². The predicted octanol–water partition coefficient (Wildman–Crippen LogP) is 19.2. The molecule has 0 aliphatic carbocycles. The van der Waals surface area contributed by atoms with E-state index in [-0.39, 0.29) is 18.5 Å². The molecule has 404 valence electrons. The summed E-state index contributed by atoms with van der Waals surface area (Å²) < 4.78 is 5.49. The Labute approximate surface area is 425 Å². The zero-order valence-electron chi connectivity index (χ0n) is 46.1. The van der Waals surface area contributed by atoms with Gasteiger partial charge in [-0.1, -0.05) is 296 Å². The summed E-state index contributed by atoms with van der Waals surface area (Å²) in [6, 6.07) is -0.547. The Morgan fingerprint density at radius 1 is 0.397 bits per heavy atom. The lowest BCUT2D eigenvalue weighted by Crippen LogP contribution is -2.45. The Hall–Kier alpha value is -1.40. The largest absolute Gasteiger partial charge is 0.466 e. The summed E-state index contributed by atoms with van der Waals surface area (Å²) in [4.78, 5) is 24.6. The summed E-state index contributed by atoms with van der Waals surface area (Å²) >= 11 is 0. The molecule has 0 aliphatic heterocycles. The maximum atomic E-state index is 12.5. The normalized spacial score (nSPS) is 12.6. The molecule has 1 amide bonds. The Bertz CT molecular complexity index is 1020. The van der Waals surface area contributed by atoms with Crippen LogP contribution in [0.15, 0.2) is 12.2 Å². The molecule has 68 heavy (non-hydrogen) atoms. The van der Waals surface area contributed by atoms with Gasteiger partial charge in [-0.3, -0.25) is 9.59 Å². The molecule has 6 heteroatoms. The maximum absolute atomic E-state index is 12.5. The molecule has 0 rings (SSSR count). The van der Waals surface area contributed by atoms with Gasteiger partial charge in [-0.05, 0) is 51.4 Å². The molecule has 0 aromatic rings. The van der Waals surface area contributed by atoms with Crippen molar-refractivity contribution >= 4 is 11.9 Å². The van der Waals surface area contributed by atoms with Crippen molar-refractivity contribution in [1.82, 2.24) is 5.32 Å². The highest BCUT2D eigenvalue weighted by atomic mass is 16.5. The third kappa shape index (κ3) is 53.9. The van der Waals surface area contributed by atoms with Crippen LogP contribution in [-0.2, 0) is 14.3 Å². The minimum Gasteiger partial charge on any atom is -0.466 e. The van der Waals surface area contributed by atoms with Crippen molar-refractivity contribution in [2.75, 3.05) is 13.2 Å². The van der Waals surface area contributed by atoms with Gasteiger partial charge in [0, 0.05) is 12.8 Å². The van der Waals surface area contributed by atoms with Crippen molar-refractivity contribution in [3.05, 3.63) is 12.2 Å². The third-order valence-corrected chi connectivity index (χ3v) is 14.6. The van der Waals surface area contributed by atoms with Crippen LogP contribution in [0.1, 0.15) is 348 Å². The molecule has 2 atom stereocenters. The first-order valence-electron chi connectivity index (χ1n) is 30.9. The zero-order valence-corrected chi connectivity index (χ0v) is 46.1. The van der Waals surface area contributed by atoms with E-state index in [1.54, 1.807) is 0 Å². The van der Waals surface area contributed by atoms with E-state index in [1.807, 2.05) is 0 Å². The number of allylic oxidation sites excluding steroid dienone is 2. The van der Waals surface area contributed by atoms with Crippen molar-refractivity contribution < 1.29 is 24.5 Å². The van der Waals surface area contributed by atoms with Gasteiger partial charge >= 0.3 is 5.97 Å². The first-order chi connectivity index (χ1) is 33.5. The molecule has 0 aliphatic rings. The molecule has 0 heterocycles. The highest BCUT2D eigenvalue weighted by molar-refractivity contribution is 5.76. The van der Waals surface area contributed by atoms with E-state index in [0.29, 0.717) is 25.9 Å².